The Morgan fingerprint density at radius 3 is 2.50 bits per heavy atom. The smallest absolute Gasteiger partial charge is 0.338 e. The summed E-state index contributed by atoms with van der Waals surface area (Å²) in [7, 11) is 0. The van der Waals surface area contributed by atoms with Gasteiger partial charge in [0, 0.05) is 27.2 Å². The van der Waals surface area contributed by atoms with Gasteiger partial charge >= 0.3 is 5.97 Å². The number of ether oxygens (including phenoxy) is 1. The predicted octanol–water partition coefficient (Wildman–Crippen LogP) is 6.81. The van der Waals surface area contributed by atoms with Crippen LogP contribution in [0.3, 0.4) is 0 Å². The van der Waals surface area contributed by atoms with Gasteiger partial charge in [0.15, 0.2) is 4.80 Å². The van der Waals surface area contributed by atoms with Gasteiger partial charge in [-0.2, -0.15) is 0 Å². The summed E-state index contributed by atoms with van der Waals surface area (Å²) in [6.45, 7) is 3.90. The molecule has 0 aliphatic carbocycles. The molecule has 1 unspecified atom stereocenters. The number of carbonyl (C=O) groups excluding carboxylic acids is 1. The standard InChI is InChI=1S/C33H24Cl2N2O4S/c1-3-40-32(39)28-29(20-7-5-4-6-8-20)36-33-37(30(28)21-10-13-22(34)14-11-21)31(38)27(42-33)18-24-15-16-26(41-24)25-17-23(35)12-9-19(25)2/h4-18,30H,3H2,1-2H3/b27-18-. The summed E-state index contributed by atoms with van der Waals surface area (Å²) in [4.78, 5) is 32.9. The normalized spacial score (nSPS) is 15.0. The van der Waals surface area contributed by atoms with Gasteiger partial charge in [-0.05, 0) is 61.4 Å². The van der Waals surface area contributed by atoms with Gasteiger partial charge in [-0.3, -0.25) is 9.36 Å². The molecule has 0 bridgehead atoms. The maximum absolute atomic E-state index is 14.0. The first-order chi connectivity index (χ1) is 20.3. The van der Waals surface area contributed by atoms with Crippen LogP contribution in [0.2, 0.25) is 10.0 Å². The van der Waals surface area contributed by atoms with Crippen LogP contribution in [-0.2, 0) is 9.53 Å². The molecule has 6 nitrogen and oxygen atoms in total. The third kappa shape index (κ3) is 5.27. The van der Waals surface area contributed by atoms with E-state index in [0.717, 1.165) is 16.7 Å². The minimum absolute atomic E-state index is 0.176. The maximum Gasteiger partial charge on any atom is 0.338 e. The lowest BCUT2D eigenvalue weighted by Crippen LogP contribution is -2.39. The molecule has 3 aromatic carbocycles. The highest BCUT2D eigenvalue weighted by atomic mass is 35.5. The average molecular weight is 616 g/mol. The first-order valence-electron chi connectivity index (χ1n) is 13.2. The Hall–Kier alpha value is -4.17. The minimum Gasteiger partial charge on any atom is -0.463 e. The lowest BCUT2D eigenvalue weighted by atomic mass is 9.93. The van der Waals surface area contributed by atoms with Crippen molar-refractivity contribution in [3.63, 3.8) is 0 Å². The SMILES string of the molecule is CCOC(=O)C1=C(c2ccccc2)N=c2s/c(=C\c3ccc(-c4cc(Cl)ccc4C)o3)c(=O)n2C1c1ccc(Cl)cc1. The van der Waals surface area contributed by atoms with Gasteiger partial charge in [-0.1, -0.05) is 83.1 Å². The van der Waals surface area contributed by atoms with Gasteiger partial charge in [-0.25, -0.2) is 9.79 Å². The van der Waals surface area contributed by atoms with Crippen LogP contribution < -0.4 is 14.9 Å². The predicted molar refractivity (Wildman–Crippen MR) is 166 cm³/mol. The topological polar surface area (TPSA) is 73.8 Å². The highest BCUT2D eigenvalue weighted by Gasteiger charge is 2.35. The van der Waals surface area contributed by atoms with E-state index in [1.54, 1.807) is 29.7 Å². The molecule has 1 aliphatic heterocycles. The molecule has 3 heterocycles. The molecule has 6 rings (SSSR count). The lowest BCUT2D eigenvalue weighted by Gasteiger charge is -2.25. The molecule has 2 aromatic heterocycles. The molecular weight excluding hydrogens is 591 g/mol. The summed E-state index contributed by atoms with van der Waals surface area (Å²) in [5, 5.41) is 1.15. The number of fused-ring (bicyclic) bond motifs is 1. The summed E-state index contributed by atoms with van der Waals surface area (Å²) in [5.41, 5.74) is 3.77. The Labute approximate surface area is 255 Å². The molecular formula is C33H24Cl2N2O4S. The minimum atomic E-state index is -0.781. The van der Waals surface area contributed by atoms with E-state index in [1.165, 1.54) is 11.3 Å². The Balaban J connectivity index is 1.56. The van der Waals surface area contributed by atoms with Gasteiger partial charge in [-0.15, -0.1) is 0 Å². The van der Waals surface area contributed by atoms with Crippen molar-refractivity contribution >= 4 is 52.3 Å². The van der Waals surface area contributed by atoms with Crippen molar-refractivity contribution in [3.8, 4) is 11.3 Å². The zero-order valence-corrected chi connectivity index (χ0v) is 25.0. The highest BCUT2D eigenvalue weighted by molar-refractivity contribution is 7.07. The first-order valence-corrected chi connectivity index (χ1v) is 14.8. The van der Waals surface area contributed by atoms with Crippen LogP contribution in [0.1, 0.15) is 35.4 Å². The average Bonchev–Trinajstić information content (AvgIpc) is 3.58. The molecule has 1 atom stereocenters. The Morgan fingerprint density at radius 1 is 1.02 bits per heavy atom. The van der Waals surface area contributed by atoms with E-state index < -0.39 is 12.0 Å². The molecule has 1 aliphatic rings. The number of hydrogen-bond acceptors (Lipinski definition) is 6. The van der Waals surface area contributed by atoms with Crippen LogP contribution in [-0.4, -0.2) is 17.1 Å². The molecule has 0 radical (unpaired) electrons. The third-order valence-electron chi connectivity index (χ3n) is 6.92. The molecule has 210 valence electrons. The second-order valence-electron chi connectivity index (χ2n) is 9.64. The fraction of sp³-hybridized carbons (Fsp3) is 0.121. The van der Waals surface area contributed by atoms with E-state index in [1.807, 2.05) is 79.7 Å². The number of thiazole rings is 1. The maximum atomic E-state index is 14.0. The summed E-state index contributed by atoms with van der Waals surface area (Å²) < 4.78 is 13.6. The van der Waals surface area contributed by atoms with E-state index in [2.05, 4.69) is 0 Å². The largest absolute Gasteiger partial charge is 0.463 e. The molecule has 0 N–H and O–H groups in total. The molecule has 5 aromatic rings. The summed E-state index contributed by atoms with van der Waals surface area (Å²) in [6, 6.07) is 25.0. The summed E-state index contributed by atoms with van der Waals surface area (Å²) in [6.07, 6.45) is 1.70. The van der Waals surface area contributed by atoms with Crippen molar-refractivity contribution < 1.29 is 13.9 Å². The zero-order chi connectivity index (χ0) is 29.4. The summed E-state index contributed by atoms with van der Waals surface area (Å²) >= 11 is 13.7. The first kappa shape index (κ1) is 28.0. The van der Waals surface area contributed by atoms with Crippen LogP contribution in [0, 0.1) is 6.92 Å². The number of furan rings is 1. The zero-order valence-electron chi connectivity index (χ0n) is 22.6. The molecule has 0 saturated heterocycles. The summed E-state index contributed by atoms with van der Waals surface area (Å²) in [5.74, 6) is 0.608. The van der Waals surface area contributed by atoms with Crippen molar-refractivity contribution in [3.05, 3.63) is 143 Å². The van der Waals surface area contributed by atoms with Gasteiger partial charge in [0.05, 0.1) is 28.5 Å². The molecule has 9 heteroatoms. The van der Waals surface area contributed by atoms with Gasteiger partial charge < -0.3 is 9.15 Å². The number of esters is 1. The number of rotatable bonds is 6. The highest BCUT2D eigenvalue weighted by Crippen LogP contribution is 2.35. The Kier molecular flexibility index (Phi) is 7.73. The third-order valence-corrected chi connectivity index (χ3v) is 8.39. The van der Waals surface area contributed by atoms with Crippen LogP contribution >= 0.6 is 34.5 Å². The molecule has 0 amide bonds. The van der Waals surface area contributed by atoms with Crippen LogP contribution in [0.15, 0.2) is 105 Å². The van der Waals surface area contributed by atoms with Crippen LogP contribution in [0.25, 0.3) is 23.1 Å². The lowest BCUT2D eigenvalue weighted by molar-refractivity contribution is -0.138. The quantitative estimate of drug-likeness (QED) is 0.197. The second kappa shape index (κ2) is 11.6. The Bertz CT molecular complexity index is 2020. The van der Waals surface area contributed by atoms with Crippen molar-refractivity contribution in [2.45, 2.75) is 19.9 Å². The van der Waals surface area contributed by atoms with E-state index in [9.17, 15) is 9.59 Å². The van der Waals surface area contributed by atoms with Crippen molar-refractivity contribution in [2.24, 2.45) is 4.99 Å². The number of aryl methyl sites for hydroxylation is 1. The molecule has 0 fully saturated rings. The fourth-order valence-electron chi connectivity index (χ4n) is 4.96. The number of benzene rings is 3. The van der Waals surface area contributed by atoms with E-state index in [4.69, 9.17) is 37.3 Å². The number of aromatic nitrogens is 1. The number of halogens is 2. The van der Waals surface area contributed by atoms with Gasteiger partial charge in [0.1, 0.15) is 11.5 Å². The Morgan fingerprint density at radius 2 is 1.76 bits per heavy atom. The van der Waals surface area contributed by atoms with Crippen LogP contribution in [0.4, 0.5) is 0 Å². The van der Waals surface area contributed by atoms with E-state index in [-0.39, 0.29) is 17.7 Å². The van der Waals surface area contributed by atoms with Crippen LogP contribution in [0.5, 0.6) is 0 Å². The van der Waals surface area contributed by atoms with E-state index >= 15 is 0 Å². The van der Waals surface area contributed by atoms with Gasteiger partial charge in [0.2, 0.25) is 0 Å². The van der Waals surface area contributed by atoms with Crippen molar-refractivity contribution in [1.82, 2.24) is 4.57 Å². The molecule has 0 saturated carbocycles. The van der Waals surface area contributed by atoms with Gasteiger partial charge in [0.25, 0.3) is 5.56 Å². The molecule has 0 spiro atoms. The number of nitrogens with zero attached hydrogens (tertiary/aromatic N) is 2. The van der Waals surface area contributed by atoms with Crippen molar-refractivity contribution in [1.29, 1.82) is 0 Å². The van der Waals surface area contributed by atoms with E-state index in [0.29, 0.717) is 42.2 Å². The number of hydrogen-bond donors (Lipinski definition) is 0. The monoisotopic (exact) mass is 614 g/mol. The van der Waals surface area contributed by atoms with Crippen molar-refractivity contribution in [2.75, 3.05) is 6.61 Å². The number of carbonyl (C=O) groups is 1. The second-order valence-corrected chi connectivity index (χ2v) is 11.5. The fourth-order valence-corrected chi connectivity index (χ4v) is 6.24. The molecule has 42 heavy (non-hydrogen) atoms.